The maximum atomic E-state index is 6.02. The zero-order valence-electron chi connectivity index (χ0n) is 13.0. The summed E-state index contributed by atoms with van der Waals surface area (Å²) >= 11 is 1.55. The number of nitrogen functional groups attached to an aromatic ring is 1. The fourth-order valence-corrected chi connectivity index (χ4v) is 3.39. The van der Waals surface area contributed by atoms with Crippen molar-refractivity contribution in [3.05, 3.63) is 47.2 Å². The van der Waals surface area contributed by atoms with Crippen LogP contribution in [0.15, 0.2) is 40.9 Å². The van der Waals surface area contributed by atoms with E-state index in [4.69, 9.17) is 10.2 Å². The smallest absolute Gasteiger partial charge is 0.180 e. The van der Waals surface area contributed by atoms with E-state index < -0.39 is 0 Å². The molecule has 0 aliphatic carbocycles. The van der Waals surface area contributed by atoms with Crippen LogP contribution < -0.4 is 5.73 Å². The van der Waals surface area contributed by atoms with Gasteiger partial charge in [0.05, 0.1) is 6.04 Å². The van der Waals surface area contributed by atoms with E-state index in [2.05, 4.69) is 35.9 Å². The van der Waals surface area contributed by atoms with Crippen LogP contribution in [-0.4, -0.2) is 16.4 Å². The molecule has 0 saturated carbocycles. The molecule has 3 rings (SSSR count). The van der Waals surface area contributed by atoms with Gasteiger partial charge in [0, 0.05) is 23.0 Å². The Morgan fingerprint density at radius 3 is 2.86 bits per heavy atom. The molecular formula is C17H21N3OS. The Morgan fingerprint density at radius 2 is 2.18 bits per heavy atom. The van der Waals surface area contributed by atoms with Crippen LogP contribution in [0, 0.1) is 0 Å². The Hall–Kier alpha value is -1.85. The molecule has 116 valence electrons. The molecule has 0 aliphatic rings. The van der Waals surface area contributed by atoms with Gasteiger partial charge in [-0.15, -0.1) is 11.3 Å². The molecular weight excluding hydrogens is 294 g/mol. The number of anilines is 1. The predicted octanol–water partition coefficient (Wildman–Crippen LogP) is 4.44. The Bertz CT molecular complexity index is 716. The maximum Gasteiger partial charge on any atom is 0.180 e. The van der Waals surface area contributed by atoms with Gasteiger partial charge < -0.3 is 10.2 Å². The molecule has 0 bridgehead atoms. The quantitative estimate of drug-likeness (QED) is 0.730. The minimum atomic E-state index is 0.218. The van der Waals surface area contributed by atoms with E-state index in [0.29, 0.717) is 5.13 Å². The molecule has 0 aliphatic heterocycles. The number of rotatable bonds is 6. The Balaban J connectivity index is 1.83. The van der Waals surface area contributed by atoms with E-state index in [1.165, 1.54) is 4.88 Å². The third-order valence-corrected chi connectivity index (χ3v) is 4.66. The van der Waals surface area contributed by atoms with Crippen molar-refractivity contribution in [1.82, 2.24) is 9.88 Å². The fourth-order valence-electron chi connectivity index (χ4n) is 2.68. The van der Waals surface area contributed by atoms with Gasteiger partial charge >= 0.3 is 0 Å². The highest BCUT2D eigenvalue weighted by molar-refractivity contribution is 7.15. The third kappa shape index (κ3) is 3.15. The minimum Gasteiger partial charge on any atom is -0.459 e. The van der Waals surface area contributed by atoms with Crippen molar-refractivity contribution in [2.75, 3.05) is 12.3 Å². The van der Waals surface area contributed by atoms with Crippen LogP contribution in [0.5, 0.6) is 0 Å². The van der Waals surface area contributed by atoms with Crippen molar-refractivity contribution in [3.63, 3.8) is 0 Å². The van der Waals surface area contributed by atoms with Crippen LogP contribution in [0.25, 0.3) is 11.0 Å². The first-order chi connectivity index (χ1) is 10.7. The Kier molecular flexibility index (Phi) is 4.45. The normalized spacial score (nSPS) is 13.0. The van der Waals surface area contributed by atoms with E-state index in [0.717, 1.165) is 36.2 Å². The van der Waals surface area contributed by atoms with E-state index in [1.807, 2.05) is 24.4 Å². The topological polar surface area (TPSA) is 55.3 Å². The van der Waals surface area contributed by atoms with Crippen molar-refractivity contribution < 1.29 is 4.42 Å². The Morgan fingerprint density at radius 1 is 1.36 bits per heavy atom. The molecule has 0 fully saturated rings. The highest BCUT2D eigenvalue weighted by Crippen LogP contribution is 2.29. The summed E-state index contributed by atoms with van der Waals surface area (Å²) in [5.74, 6) is 1.01. The SMILES string of the molecule is CCCN(Cc1cnc(N)s1)C(C)c1cc2ccccc2o1. The van der Waals surface area contributed by atoms with Crippen molar-refractivity contribution in [3.8, 4) is 0 Å². The van der Waals surface area contributed by atoms with Gasteiger partial charge in [-0.25, -0.2) is 4.98 Å². The average Bonchev–Trinajstić information content (AvgIpc) is 3.12. The number of fused-ring (bicyclic) bond motifs is 1. The molecule has 2 aromatic heterocycles. The molecule has 2 N–H and O–H groups in total. The summed E-state index contributed by atoms with van der Waals surface area (Å²) < 4.78 is 6.02. The fraction of sp³-hybridized carbons (Fsp3) is 0.353. The van der Waals surface area contributed by atoms with Gasteiger partial charge in [0.25, 0.3) is 0 Å². The summed E-state index contributed by atoms with van der Waals surface area (Å²) in [6, 6.07) is 10.5. The number of furan rings is 1. The monoisotopic (exact) mass is 315 g/mol. The van der Waals surface area contributed by atoms with Crippen LogP contribution in [0.4, 0.5) is 5.13 Å². The summed E-state index contributed by atoms with van der Waals surface area (Å²) in [4.78, 5) is 7.74. The van der Waals surface area contributed by atoms with Gasteiger partial charge in [-0.1, -0.05) is 25.1 Å². The average molecular weight is 315 g/mol. The molecule has 5 heteroatoms. The van der Waals surface area contributed by atoms with Crippen molar-refractivity contribution in [1.29, 1.82) is 0 Å². The van der Waals surface area contributed by atoms with Crippen LogP contribution in [0.2, 0.25) is 0 Å². The first-order valence-electron chi connectivity index (χ1n) is 7.60. The molecule has 1 atom stereocenters. The molecule has 3 aromatic rings. The van der Waals surface area contributed by atoms with Gasteiger partial charge in [-0.3, -0.25) is 4.90 Å². The van der Waals surface area contributed by atoms with Gasteiger partial charge in [0.1, 0.15) is 11.3 Å². The first-order valence-corrected chi connectivity index (χ1v) is 8.41. The first kappa shape index (κ1) is 15.1. The molecule has 0 radical (unpaired) electrons. The van der Waals surface area contributed by atoms with Crippen molar-refractivity contribution >= 4 is 27.4 Å². The molecule has 22 heavy (non-hydrogen) atoms. The Labute approximate surface area is 134 Å². The second-order valence-electron chi connectivity index (χ2n) is 5.50. The van der Waals surface area contributed by atoms with Gasteiger partial charge in [-0.2, -0.15) is 0 Å². The summed E-state index contributed by atoms with van der Waals surface area (Å²) in [6.07, 6.45) is 2.97. The van der Waals surface area contributed by atoms with E-state index in [9.17, 15) is 0 Å². The van der Waals surface area contributed by atoms with Crippen LogP contribution in [-0.2, 0) is 6.54 Å². The third-order valence-electron chi connectivity index (χ3n) is 3.85. The number of nitrogens with two attached hydrogens (primary N) is 1. The van der Waals surface area contributed by atoms with Gasteiger partial charge in [0.2, 0.25) is 0 Å². The molecule has 0 amide bonds. The van der Waals surface area contributed by atoms with Gasteiger partial charge in [0.15, 0.2) is 5.13 Å². The summed E-state index contributed by atoms with van der Waals surface area (Å²) in [6.45, 7) is 6.24. The number of nitrogens with zero attached hydrogens (tertiary/aromatic N) is 2. The van der Waals surface area contributed by atoms with E-state index in [-0.39, 0.29) is 6.04 Å². The van der Waals surface area contributed by atoms with E-state index >= 15 is 0 Å². The lowest BCUT2D eigenvalue weighted by molar-refractivity contribution is 0.183. The molecule has 1 unspecified atom stereocenters. The van der Waals surface area contributed by atoms with Crippen molar-refractivity contribution in [2.24, 2.45) is 0 Å². The number of benzene rings is 1. The number of aromatic nitrogens is 1. The van der Waals surface area contributed by atoms with Crippen LogP contribution >= 0.6 is 11.3 Å². The van der Waals surface area contributed by atoms with Crippen LogP contribution in [0.3, 0.4) is 0 Å². The summed E-state index contributed by atoms with van der Waals surface area (Å²) in [5, 5.41) is 1.78. The second-order valence-corrected chi connectivity index (χ2v) is 6.64. The predicted molar refractivity (Wildman–Crippen MR) is 91.9 cm³/mol. The van der Waals surface area contributed by atoms with E-state index in [1.54, 1.807) is 11.3 Å². The lowest BCUT2D eigenvalue weighted by Crippen LogP contribution is -2.26. The largest absolute Gasteiger partial charge is 0.459 e. The second kappa shape index (κ2) is 6.50. The molecule has 0 saturated heterocycles. The zero-order chi connectivity index (χ0) is 15.5. The summed E-state index contributed by atoms with van der Waals surface area (Å²) in [5.41, 5.74) is 6.68. The summed E-state index contributed by atoms with van der Waals surface area (Å²) in [7, 11) is 0. The standard InChI is InChI=1S/C17H21N3OS/c1-3-8-20(11-14-10-19-17(18)22-14)12(2)16-9-13-6-4-5-7-15(13)21-16/h4-7,9-10,12H,3,8,11H2,1-2H3,(H2,18,19). The highest BCUT2D eigenvalue weighted by Gasteiger charge is 2.20. The number of hydrogen-bond acceptors (Lipinski definition) is 5. The lowest BCUT2D eigenvalue weighted by Gasteiger charge is -2.26. The van der Waals surface area contributed by atoms with Gasteiger partial charge in [-0.05, 0) is 32.0 Å². The lowest BCUT2D eigenvalue weighted by atomic mass is 10.2. The zero-order valence-corrected chi connectivity index (χ0v) is 13.8. The maximum absolute atomic E-state index is 6.02. The molecule has 2 heterocycles. The molecule has 4 nitrogen and oxygen atoms in total. The molecule has 1 aromatic carbocycles. The van der Waals surface area contributed by atoms with Crippen molar-refractivity contribution in [2.45, 2.75) is 32.9 Å². The highest BCUT2D eigenvalue weighted by atomic mass is 32.1. The van der Waals surface area contributed by atoms with Crippen LogP contribution in [0.1, 0.15) is 36.9 Å². The number of hydrogen-bond donors (Lipinski definition) is 1. The number of para-hydroxylation sites is 1. The molecule has 0 spiro atoms. The minimum absolute atomic E-state index is 0.218. The number of thiazole rings is 1.